The number of benzene rings is 1. The van der Waals surface area contributed by atoms with Crippen molar-refractivity contribution in [3.05, 3.63) is 46.0 Å². The first-order chi connectivity index (χ1) is 12.5. The first-order valence-corrected chi connectivity index (χ1v) is 8.97. The summed E-state index contributed by atoms with van der Waals surface area (Å²) in [4.78, 5) is 24.9. The molecule has 2 aromatic rings. The molecule has 0 fully saturated rings. The van der Waals surface area contributed by atoms with Crippen LogP contribution in [0.4, 0.5) is 0 Å². The van der Waals surface area contributed by atoms with Crippen molar-refractivity contribution in [2.75, 3.05) is 0 Å². The van der Waals surface area contributed by atoms with E-state index in [1.54, 1.807) is 16.7 Å². The maximum atomic E-state index is 12.0. The van der Waals surface area contributed by atoms with Gasteiger partial charge in [0, 0.05) is 13.0 Å². The Balaban J connectivity index is 1.83. The zero-order valence-electron chi connectivity index (χ0n) is 14.8. The molecular weight excluding hydrogens is 336 g/mol. The van der Waals surface area contributed by atoms with Crippen LogP contribution < -0.4 is 5.69 Å². The number of unbranched alkanes of at least 4 members (excludes halogenated alkanes) is 3. The lowest BCUT2D eigenvalue weighted by atomic mass is 10.1. The molecule has 1 aromatic carbocycles. The van der Waals surface area contributed by atoms with Gasteiger partial charge >= 0.3 is 11.7 Å². The predicted molar refractivity (Wildman–Crippen MR) is 97.6 cm³/mol. The molecule has 0 aliphatic rings. The van der Waals surface area contributed by atoms with E-state index in [-0.39, 0.29) is 23.7 Å². The number of hydrogen-bond donors (Lipinski definition) is 4. The molecule has 0 saturated heterocycles. The second-order valence-corrected chi connectivity index (χ2v) is 6.46. The van der Waals surface area contributed by atoms with Crippen LogP contribution in [-0.2, 0) is 24.2 Å². The van der Waals surface area contributed by atoms with Crippen LogP contribution in [-0.4, -0.2) is 30.8 Å². The number of rotatable bonds is 11. The lowest BCUT2D eigenvalue weighted by Gasteiger charge is -2.08. The van der Waals surface area contributed by atoms with Crippen LogP contribution >= 0.6 is 0 Å². The largest absolute Gasteiger partial charge is 0.508 e. The molecule has 0 atom stereocenters. The Morgan fingerprint density at radius 3 is 2.35 bits per heavy atom. The quantitative estimate of drug-likeness (QED) is 0.459. The second-order valence-electron chi connectivity index (χ2n) is 6.46. The maximum absolute atomic E-state index is 12.0. The van der Waals surface area contributed by atoms with Crippen LogP contribution in [0.15, 0.2) is 29.1 Å². The van der Waals surface area contributed by atoms with Gasteiger partial charge in [-0.1, -0.05) is 25.0 Å². The van der Waals surface area contributed by atoms with E-state index in [4.69, 9.17) is 5.11 Å². The Bertz CT molecular complexity index is 761. The molecule has 0 spiro atoms. The molecule has 7 nitrogen and oxygen atoms in total. The number of hydrogen-bond acceptors (Lipinski definition) is 4. The molecule has 2 rings (SSSR count). The Morgan fingerprint density at radius 2 is 1.65 bits per heavy atom. The number of carboxylic acids is 1. The number of nitrogens with one attached hydrogen (secondary N) is 1. The summed E-state index contributed by atoms with van der Waals surface area (Å²) in [6, 6.07) is 6.98. The van der Waals surface area contributed by atoms with Crippen LogP contribution in [0.5, 0.6) is 11.6 Å². The third-order valence-corrected chi connectivity index (χ3v) is 4.41. The summed E-state index contributed by atoms with van der Waals surface area (Å²) in [7, 11) is 0. The minimum Gasteiger partial charge on any atom is -0.508 e. The lowest BCUT2D eigenvalue weighted by molar-refractivity contribution is -0.137. The number of imidazole rings is 1. The Hall–Kier alpha value is -2.70. The number of H-pyrrole nitrogens is 1. The van der Waals surface area contributed by atoms with Gasteiger partial charge in [0.05, 0.1) is 5.69 Å². The number of phenols is 1. The smallest absolute Gasteiger partial charge is 0.328 e. The molecule has 0 aliphatic heterocycles. The van der Waals surface area contributed by atoms with Crippen molar-refractivity contribution in [3.8, 4) is 11.6 Å². The van der Waals surface area contributed by atoms with Gasteiger partial charge in [0.2, 0.25) is 5.88 Å². The number of carbonyl (C=O) groups is 1. The number of aliphatic carboxylic acids is 1. The van der Waals surface area contributed by atoms with Crippen molar-refractivity contribution >= 4 is 5.97 Å². The summed E-state index contributed by atoms with van der Waals surface area (Å²) < 4.78 is 1.58. The van der Waals surface area contributed by atoms with Crippen LogP contribution in [0.25, 0.3) is 0 Å². The van der Waals surface area contributed by atoms with Crippen molar-refractivity contribution < 1.29 is 20.1 Å². The lowest BCUT2D eigenvalue weighted by Crippen LogP contribution is -2.19. The molecule has 7 heteroatoms. The molecule has 0 aliphatic carbocycles. The summed E-state index contributed by atoms with van der Waals surface area (Å²) >= 11 is 0. The van der Waals surface area contributed by atoms with E-state index >= 15 is 0 Å². The first kappa shape index (κ1) is 19.6. The normalized spacial score (nSPS) is 10.9. The van der Waals surface area contributed by atoms with Crippen molar-refractivity contribution in [1.29, 1.82) is 0 Å². The first-order valence-electron chi connectivity index (χ1n) is 8.97. The van der Waals surface area contributed by atoms with Gasteiger partial charge in [0.1, 0.15) is 5.75 Å². The number of aromatic amines is 1. The number of aromatic hydroxyl groups is 2. The monoisotopic (exact) mass is 362 g/mol. The SMILES string of the molecule is O=C(O)CCCCCCc1c(O)[nH]c(=O)n1CCCc1ccc(O)cc1. The molecule has 0 saturated carbocycles. The highest BCUT2D eigenvalue weighted by molar-refractivity contribution is 5.66. The van der Waals surface area contributed by atoms with Gasteiger partial charge in [0.25, 0.3) is 0 Å². The molecule has 142 valence electrons. The van der Waals surface area contributed by atoms with E-state index < -0.39 is 5.97 Å². The van der Waals surface area contributed by atoms with Crippen molar-refractivity contribution in [2.24, 2.45) is 0 Å². The molecular formula is C19H26N2O5. The summed E-state index contributed by atoms with van der Waals surface area (Å²) in [5, 5.41) is 27.9. The highest BCUT2D eigenvalue weighted by atomic mass is 16.4. The van der Waals surface area contributed by atoms with Gasteiger partial charge < -0.3 is 15.3 Å². The highest BCUT2D eigenvalue weighted by Crippen LogP contribution is 2.17. The van der Waals surface area contributed by atoms with Crippen LogP contribution in [0.1, 0.15) is 49.8 Å². The van der Waals surface area contributed by atoms with Gasteiger partial charge in [-0.2, -0.15) is 0 Å². The van der Waals surface area contributed by atoms with Gasteiger partial charge in [-0.05, 0) is 49.8 Å². The van der Waals surface area contributed by atoms with Crippen LogP contribution in [0.3, 0.4) is 0 Å². The molecule has 0 radical (unpaired) electrons. The standard InChI is InChI=1S/C19H26N2O5/c22-15-11-9-14(10-12-15)6-5-13-21-16(18(25)20-19(21)26)7-3-1-2-4-8-17(23)24/h9-12,22,25H,1-8,13H2,(H,20,26)(H,23,24). The van der Waals surface area contributed by atoms with E-state index in [0.717, 1.165) is 37.7 Å². The van der Waals surface area contributed by atoms with Crippen LogP contribution in [0.2, 0.25) is 0 Å². The average molecular weight is 362 g/mol. The van der Waals surface area contributed by atoms with Gasteiger partial charge in [-0.3, -0.25) is 14.3 Å². The molecule has 0 amide bonds. The molecule has 0 unspecified atom stereocenters. The summed E-state index contributed by atoms with van der Waals surface area (Å²) in [6.07, 6.45) is 5.40. The molecule has 4 N–H and O–H groups in total. The third kappa shape index (κ3) is 5.98. The van der Waals surface area contributed by atoms with E-state index in [0.29, 0.717) is 25.1 Å². The predicted octanol–water partition coefficient (Wildman–Crippen LogP) is 2.80. The molecule has 1 heterocycles. The van der Waals surface area contributed by atoms with Gasteiger partial charge in [-0.25, -0.2) is 4.79 Å². The fourth-order valence-electron chi connectivity index (χ4n) is 3.01. The Labute approximate surface area is 151 Å². The average Bonchev–Trinajstić information content (AvgIpc) is 2.86. The van der Waals surface area contributed by atoms with Gasteiger partial charge in [-0.15, -0.1) is 0 Å². The van der Waals surface area contributed by atoms with Crippen molar-refractivity contribution in [1.82, 2.24) is 9.55 Å². The number of nitrogens with zero attached hydrogens (tertiary/aromatic N) is 1. The number of carboxylic acid groups (broad SMARTS) is 1. The highest BCUT2D eigenvalue weighted by Gasteiger charge is 2.13. The van der Waals surface area contributed by atoms with E-state index in [1.165, 1.54) is 0 Å². The molecule has 1 aromatic heterocycles. The molecule has 26 heavy (non-hydrogen) atoms. The number of phenolic OH excluding ortho intramolecular Hbond substituents is 1. The van der Waals surface area contributed by atoms with Crippen molar-refractivity contribution in [3.63, 3.8) is 0 Å². The summed E-state index contributed by atoms with van der Waals surface area (Å²) in [6.45, 7) is 0.505. The van der Waals surface area contributed by atoms with E-state index in [2.05, 4.69) is 4.98 Å². The van der Waals surface area contributed by atoms with E-state index in [1.807, 2.05) is 12.1 Å². The topological polar surface area (TPSA) is 116 Å². The Morgan fingerprint density at radius 1 is 0.962 bits per heavy atom. The summed E-state index contributed by atoms with van der Waals surface area (Å²) in [5.41, 5.74) is 1.38. The summed E-state index contributed by atoms with van der Waals surface area (Å²) in [5.74, 6) is -0.632. The zero-order valence-corrected chi connectivity index (χ0v) is 14.8. The van der Waals surface area contributed by atoms with E-state index in [9.17, 15) is 19.8 Å². The Kier molecular flexibility index (Phi) is 7.32. The second kappa shape index (κ2) is 9.70. The van der Waals surface area contributed by atoms with Gasteiger partial charge in [0.15, 0.2) is 0 Å². The van der Waals surface area contributed by atoms with Crippen LogP contribution in [0, 0.1) is 0 Å². The number of aryl methyl sites for hydroxylation is 1. The minimum atomic E-state index is -0.782. The van der Waals surface area contributed by atoms with Crippen molar-refractivity contribution in [2.45, 2.75) is 57.9 Å². The fourth-order valence-corrected chi connectivity index (χ4v) is 3.01. The maximum Gasteiger partial charge on any atom is 0.328 e. The minimum absolute atomic E-state index is 0.0785. The third-order valence-electron chi connectivity index (χ3n) is 4.41. The number of aromatic nitrogens is 2. The fraction of sp³-hybridized carbons (Fsp3) is 0.474. The zero-order chi connectivity index (χ0) is 18.9. The molecule has 0 bridgehead atoms.